The fourth-order valence-corrected chi connectivity index (χ4v) is 12.6. The molecule has 3 aliphatic heterocycles. The van der Waals surface area contributed by atoms with Crippen LogP contribution in [0, 0.1) is 17.8 Å². The first-order chi connectivity index (χ1) is 35.1. The lowest BCUT2D eigenvalue weighted by atomic mass is 9.77. The number of sulfone groups is 1. The van der Waals surface area contributed by atoms with Crippen molar-refractivity contribution in [3.63, 3.8) is 0 Å². The van der Waals surface area contributed by atoms with Crippen LogP contribution in [0.5, 0.6) is 0 Å². The molecule has 75 heavy (non-hydrogen) atoms. The van der Waals surface area contributed by atoms with Crippen LogP contribution in [0.25, 0.3) is 0 Å². The standard InChI is InChI=1S/C53H90FN5O15S/c1-15-42-53(10,65)47(61)35(6)58(12)29-31(2)26-51(8,64)49(33(4)45(34(5)50(63)72-42)73-44-27-52(9,69-14)48(62)36(7)71-44)74-43-25-39(24-32(3)70-43)57(11)21-20-38-30-59(56-55-38)41(28-54)46(68-13)37-16-18-40(19-17-37)75(66,67)23-22-60/h16-19,30-36,39,41-49,60-62,64-65H,15,20-29H2,1-14H3/t31-,32-,33+,34-,35-,36+,39+,41-,42-,43+,44+,45+,46-,47-,48+,49-,51-,52-,53-/m1/s1. The van der Waals surface area contributed by atoms with Crippen molar-refractivity contribution >= 4 is 15.8 Å². The molecule has 19 atom stereocenters. The molecule has 2 aromatic rings. The summed E-state index contributed by atoms with van der Waals surface area (Å²) < 4.78 is 85.5. The second-order valence-corrected chi connectivity index (χ2v) is 24.6. The number of likely N-dealkylation sites (N-methyl/N-ethyl adjacent to an activating group) is 2. The summed E-state index contributed by atoms with van der Waals surface area (Å²) in [6.07, 6.45) is -5.29. The highest BCUT2D eigenvalue weighted by Gasteiger charge is 2.52. The Morgan fingerprint density at radius 2 is 1.63 bits per heavy atom. The summed E-state index contributed by atoms with van der Waals surface area (Å²) in [5.74, 6) is -3.07. The van der Waals surface area contributed by atoms with E-state index in [0.717, 1.165) is 0 Å². The molecule has 3 saturated heterocycles. The number of hydrogen-bond donors (Lipinski definition) is 5. The second-order valence-electron chi connectivity index (χ2n) is 22.5. The number of hydrogen-bond acceptors (Lipinski definition) is 19. The predicted molar refractivity (Wildman–Crippen MR) is 276 cm³/mol. The normalized spacial score (nSPS) is 38.1. The van der Waals surface area contributed by atoms with Gasteiger partial charge in [0.05, 0.1) is 64.5 Å². The van der Waals surface area contributed by atoms with Crippen LogP contribution in [0.3, 0.4) is 0 Å². The number of carbonyl (C=O) groups excluding carboxylic acids is 1. The molecule has 5 rings (SSSR count). The molecule has 20 nitrogen and oxygen atoms in total. The maximum absolute atomic E-state index is 14.8. The van der Waals surface area contributed by atoms with E-state index in [4.69, 9.17) is 33.2 Å². The minimum absolute atomic E-state index is 0.0393. The molecule has 5 N–H and O–H groups in total. The van der Waals surface area contributed by atoms with Gasteiger partial charge in [-0.05, 0) is 105 Å². The molecule has 0 radical (unpaired) electrons. The van der Waals surface area contributed by atoms with Crippen LogP contribution in [0.15, 0.2) is 35.4 Å². The largest absolute Gasteiger partial charge is 0.459 e. The van der Waals surface area contributed by atoms with Crippen LogP contribution in [0.2, 0.25) is 0 Å². The van der Waals surface area contributed by atoms with Gasteiger partial charge in [-0.15, -0.1) is 5.10 Å². The van der Waals surface area contributed by atoms with E-state index >= 15 is 0 Å². The molecule has 3 fully saturated rings. The average molecular weight is 1090 g/mol. The Morgan fingerprint density at radius 1 is 0.960 bits per heavy atom. The summed E-state index contributed by atoms with van der Waals surface area (Å²) in [6, 6.07) is 4.41. The molecule has 3 aliphatic rings. The molecule has 0 aliphatic carbocycles. The number of nitrogens with zero attached hydrogens (tertiary/aromatic N) is 5. The van der Waals surface area contributed by atoms with Crippen molar-refractivity contribution in [2.75, 3.05) is 60.4 Å². The number of halogens is 1. The molecule has 0 bridgehead atoms. The van der Waals surface area contributed by atoms with Gasteiger partial charge in [0.2, 0.25) is 0 Å². The highest BCUT2D eigenvalue weighted by atomic mass is 32.2. The Hall–Kier alpha value is -2.81. The van der Waals surface area contributed by atoms with E-state index in [1.807, 2.05) is 39.8 Å². The first kappa shape index (κ1) is 63.0. The van der Waals surface area contributed by atoms with Gasteiger partial charge in [0, 0.05) is 70.8 Å². The summed E-state index contributed by atoms with van der Waals surface area (Å²) >= 11 is 0. The molecule has 430 valence electrons. The SMILES string of the molecule is CC[C@H]1OC(=O)[C@H](C)[C@@H](O[C@H]2C[C@@](C)(OC)[C@@H](O)[C@H](C)O2)[C@H](C)[C@@H](O[C@H]2C[C@@H](N(C)CCc3cn([C@H](CF)[C@H](OC)c4ccc(S(=O)(=O)CCO)cc4)nn3)C[C@@H](C)O2)[C@](C)(O)C[C@@H](C)CN(C)[C@H](C)[C@@H](O)[C@]1(C)O. The Balaban J connectivity index is 1.41. The monoisotopic (exact) mass is 1090 g/mol. The predicted octanol–water partition coefficient (Wildman–Crippen LogP) is 3.80. The Labute approximate surface area is 444 Å². The number of cyclic esters (lactones) is 1. The number of esters is 1. The molecule has 0 saturated carbocycles. The highest BCUT2D eigenvalue weighted by molar-refractivity contribution is 7.91. The van der Waals surface area contributed by atoms with Crippen molar-refractivity contribution < 1.29 is 76.3 Å². The van der Waals surface area contributed by atoms with Crippen molar-refractivity contribution in [1.82, 2.24) is 24.8 Å². The second kappa shape index (κ2) is 26.4. The van der Waals surface area contributed by atoms with Crippen LogP contribution in [-0.2, 0) is 54.2 Å². The van der Waals surface area contributed by atoms with Gasteiger partial charge >= 0.3 is 5.97 Å². The number of methoxy groups -OCH3 is 2. The van der Waals surface area contributed by atoms with E-state index in [1.54, 1.807) is 59.9 Å². The van der Waals surface area contributed by atoms with Crippen molar-refractivity contribution in [3.8, 4) is 0 Å². The summed E-state index contributed by atoms with van der Waals surface area (Å²) in [5, 5.41) is 65.3. The minimum atomic E-state index is -3.68. The van der Waals surface area contributed by atoms with Crippen LogP contribution in [0.4, 0.5) is 4.39 Å². The quantitative estimate of drug-likeness (QED) is 0.133. The average Bonchev–Trinajstić information content (AvgIpc) is 3.83. The van der Waals surface area contributed by atoms with E-state index in [1.165, 1.54) is 38.0 Å². The van der Waals surface area contributed by atoms with E-state index in [-0.39, 0.29) is 42.2 Å². The molecule has 0 unspecified atom stereocenters. The molecular weight excluding hydrogens is 998 g/mol. The Morgan fingerprint density at radius 3 is 2.23 bits per heavy atom. The number of ether oxygens (including phenoxy) is 7. The first-order valence-electron chi connectivity index (χ1n) is 26.6. The van der Waals surface area contributed by atoms with Crippen LogP contribution in [0.1, 0.15) is 125 Å². The molecule has 1 aromatic carbocycles. The smallest absolute Gasteiger partial charge is 0.311 e. The summed E-state index contributed by atoms with van der Waals surface area (Å²) in [5.41, 5.74) is -3.31. The third-order valence-electron chi connectivity index (χ3n) is 16.3. The molecular formula is C53H90FN5O15S. The van der Waals surface area contributed by atoms with Gasteiger partial charge in [-0.1, -0.05) is 38.1 Å². The molecule has 4 heterocycles. The Kier molecular flexibility index (Phi) is 22.2. The van der Waals surface area contributed by atoms with Crippen molar-refractivity contribution in [1.29, 1.82) is 0 Å². The number of carbonyl (C=O) groups is 1. The summed E-state index contributed by atoms with van der Waals surface area (Å²) in [7, 11) is 3.10. The van der Waals surface area contributed by atoms with Gasteiger partial charge in [0.1, 0.15) is 42.7 Å². The van der Waals surface area contributed by atoms with Crippen LogP contribution < -0.4 is 0 Å². The minimum Gasteiger partial charge on any atom is -0.459 e. The van der Waals surface area contributed by atoms with E-state index in [0.29, 0.717) is 43.6 Å². The summed E-state index contributed by atoms with van der Waals surface area (Å²) in [6.45, 7) is 17.3. The van der Waals surface area contributed by atoms with Crippen LogP contribution in [-0.4, -0.2) is 209 Å². The lowest BCUT2D eigenvalue weighted by Crippen LogP contribution is -2.59. The van der Waals surface area contributed by atoms with Crippen molar-refractivity contribution in [2.45, 2.75) is 209 Å². The Bertz CT molecular complexity index is 2210. The fraction of sp³-hybridized carbons (Fsp3) is 0.830. The summed E-state index contributed by atoms with van der Waals surface area (Å²) in [4.78, 5) is 18.6. The third kappa shape index (κ3) is 15.1. The molecule has 0 amide bonds. The van der Waals surface area contributed by atoms with Gasteiger partial charge in [-0.2, -0.15) is 0 Å². The van der Waals surface area contributed by atoms with Crippen molar-refractivity contribution in [3.05, 3.63) is 41.7 Å². The van der Waals surface area contributed by atoms with E-state index in [2.05, 4.69) is 15.2 Å². The van der Waals surface area contributed by atoms with E-state index < -0.39 is 131 Å². The number of benzene rings is 1. The number of alkyl halides is 1. The van der Waals surface area contributed by atoms with Gasteiger partial charge < -0.3 is 68.5 Å². The highest BCUT2D eigenvalue weighted by Crippen LogP contribution is 2.40. The van der Waals surface area contributed by atoms with Gasteiger partial charge in [-0.3, -0.25) is 4.79 Å². The number of aliphatic hydroxyl groups is 5. The lowest BCUT2D eigenvalue weighted by Gasteiger charge is -2.48. The zero-order valence-electron chi connectivity index (χ0n) is 46.7. The van der Waals surface area contributed by atoms with Gasteiger partial charge in [0.15, 0.2) is 22.4 Å². The van der Waals surface area contributed by atoms with Gasteiger partial charge in [0.25, 0.3) is 0 Å². The topological polar surface area (TPSA) is 254 Å². The lowest BCUT2D eigenvalue weighted by molar-refractivity contribution is -0.308. The fourth-order valence-electron chi connectivity index (χ4n) is 11.6. The first-order valence-corrected chi connectivity index (χ1v) is 28.2. The number of aliphatic hydroxyl groups excluding tert-OH is 3. The molecule has 1 aromatic heterocycles. The van der Waals surface area contributed by atoms with Crippen molar-refractivity contribution in [2.24, 2.45) is 17.8 Å². The maximum Gasteiger partial charge on any atom is 0.311 e. The van der Waals surface area contributed by atoms with Gasteiger partial charge in [-0.25, -0.2) is 17.5 Å². The zero-order valence-corrected chi connectivity index (χ0v) is 47.6. The third-order valence-corrected chi connectivity index (χ3v) is 18.0. The molecule has 22 heteroatoms. The number of rotatable bonds is 18. The maximum atomic E-state index is 14.8. The molecule has 0 spiro atoms. The van der Waals surface area contributed by atoms with Crippen LogP contribution >= 0.6 is 0 Å². The zero-order chi connectivity index (χ0) is 56.0. The number of aromatic nitrogens is 3. The van der Waals surface area contributed by atoms with E-state index in [9.17, 15) is 43.1 Å².